The number of piperidine rings is 1. The molecule has 0 unspecified atom stereocenters. The van der Waals surface area contributed by atoms with Gasteiger partial charge in [-0.05, 0) is 45.5 Å². The number of para-hydroxylation sites is 1. The van der Waals surface area contributed by atoms with Crippen LogP contribution in [0.5, 0.6) is 5.75 Å². The molecule has 2 aromatic rings. The van der Waals surface area contributed by atoms with E-state index in [1.165, 1.54) is 0 Å². The maximum Gasteiger partial charge on any atom is 0.257 e. The third kappa shape index (κ3) is 3.90. The quantitative estimate of drug-likeness (QED) is 0.894. The molecule has 1 aromatic carbocycles. The fourth-order valence-electron chi connectivity index (χ4n) is 3.55. The van der Waals surface area contributed by atoms with E-state index in [1.807, 2.05) is 36.4 Å². The Morgan fingerprint density at radius 3 is 2.96 bits per heavy atom. The van der Waals surface area contributed by atoms with Gasteiger partial charge in [-0.3, -0.25) is 4.79 Å². The third-order valence-corrected chi connectivity index (χ3v) is 5.08. The summed E-state index contributed by atoms with van der Waals surface area (Å²) in [5.74, 6) is 1.28. The molecule has 2 heterocycles. The van der Waals surface area contributed by atoms with Crippen molar-refractivity contribution in [3.8, 4) is 5.75 Å². The molecule has 0 radical (unpaired) electrons. The summed E-state index contributed by atoms with van der Waals surface area (Å²) in [4.78, 5) is 21.5. The number of phenols is 1. The second-order valence-electron chi connectivity index (χ2n) is 7.34. The Morgan fingerprint density at radius 1 is 1.38 bits per heavy atom. The van der Waals surface area contributed by atoms with Crippen molar-refractivity contribution in [2.75, 3.05) is 33.7 Å². The number of imidazole rings is 1. The number of benzene rings is 1. The average molecular weight is 356 g/mol. The van der Waals surface area contributed by atoms with E-state index < -0.39 is 0 Å². The van der Waals surface area contributed by atoms with Crippen LogP contribution in [0.2, 0.25) is 0 Å². The zero-order valence-corrected chi connectivity index (χ0v) is 15.9. The highest BCUT2D eigenvalue weighted by Crippen LogP contribution is 2.29. The van der Waals surface area contributed by atoms with Crippen molar-refractivity contribution in [3.63, 3.8) is 0 Å². The Balaban J connectivity index is 1.75. The van der Waals surface area contributed by atoms with Crippen LogP contribution in [-0.4, -0.2) is 64.1 Å². The molecule has 140 valence electrons. The van der Waals surface area contributed by atoms with Gasteiger partial charge in [-0.2, -0.15) is 0 Å². The van der Waals surface area contributed by atoms with Gasteiger partial charge in [-0.1, -0.05) is 12.1 Å². The summed E-state index contributed by atoms with van der Waals surface area (Å²) >= 11 is 0. The molecule has 1 aliphatic rings. The first kappa shape index (κ1) is 18.5. The lowest BCUT2D eigenvalue weighted by Gasteiger charge is -2.33. The van der Waals surface area contributed by atoms with Crippen LogP contribution in [0.3, 0.4) is 0 Å². The minimum Gasteiger partial charge on any atom is -0.507 e. The van der Waals surface area contributed by atoms with Gasteiger partial charge >= 0.3 is 0 Å². The highest BCUT2D eigenvalue weighted by Gasteiger charge is 2.29. The number of hydrogen-bond acceptors (Lipinski definition) is 4. The van der Waals surface area contributed by atoms with E-state index in [4.69, 9.17) is 0 Å². The van der Waals surface area contributed by atoms with Gasteiger partial charge in [0.1, 0.15) is 11.6 Å². The normalized spacial score (nSPS) is 17.7. The average Bonchev–Trinajstić information content (AvgIpc) is 3.10. The number of aryl methyl sites for hydroxylation is 1. The third-order valence-electron chi connectivity index (χ3n) is 5.08. The number of carbonyl (C=O) groups is 1. The molecule has 1 aromatic heterocycles. The zero-order chi connectivity index (χ0) is 18.7. The fraction of sp³-hybridized carbons (Fsp3) is 0.500. The molecule has 1 saturated heterocycles. The van der Waals surface area contributed by atoms with Crippen LogP contribution in [0.25, 0.3) is 0 Å². The lowest BCUT2D eigenvalue weighted by Crippen LogP contribution is -2.40. The number of carbonyl (C=O) groups excluding carboxylic acids is 1. The zero-order valence-electron chi connectivity index (χ0n) is 15.9. The molecular weight excluding hydrogens is 328 g/mol. The van der Waals surface area contributed by atoms with Crippen molar-refractivity contribution >= 4 is 5.91 Å². The maximum absolute atomic E-state index is 12.9. The predicted molar refractivity (Wildman–Crippen MR) is 102 cm³/mol. The topological polar surface area (TPSA) is 61.6 Å². The number of aromatic nitrogens is 2. The molecule has 0 spiro atoms. The van der Waals surface area contributed by atoms with E-state index in [9.17, 15) is 9.90 Å². The number of likely N-dealkylation sites (N-methyl/N-ethyl adjacent to an activating group) is 1. The van der Waals surface area contributed by atoms with Crippen molar-refractivity contribution in [1.29, 1.82) is 0 Å². The minimum absolute atomic E-state index is 0.0899. The summed E-state index contributed by atoms with van der Waals surface area (Å²) in [6.45, 7) is 5.03. The highest BCUT2D eigenvalue weighted by molar-refractivity contribution is 5.97. The summed E-state index contributed by atoms with van der Waals surface area (Å²) in [6.07, 6.45) is 5.84. The monoisotopic (exact) mass is 356 g/mol. The number of likely N-dealkylation sites (tertiary alicyclic amines) is 1. The van der Waals surface area contributed by atoms with E-state index in [2.05, 4.69) is 28.5 Å². The van der Waals surface area contributed by atoms with Crippen molar-refractivity contribution in [2.45, 2.75) is 32.2 Å². The summed E-state index contributed by atoms with van der Waals surface area (Å²) in [7, 11) is 4.12. The fourth-order valence-corrected chi connectivity index (χ4v) is 3.55. The van der Waals surface area contributed by atoms with Gasteiger partial charge in [0.05, 0.1) is 5.56 Å². The molecule has 0 aliphatic carbocycles. The largest absolute Gasteiger partial charge is 0.507 e. The van der Waals surface area contributed by atoms with E-state index in [1.54, 1.807) is 6.07 Å². The van der Waals surface area contributed by atoms with Crippen LogP contribution in [0.15, 0.2) is 30.6 Å². The standard InChI is InChI=1S/C20H28N4O2/c1-15-6-4-8-17(18(15)25)20(26)24-10-5-7-16(14-24)19-21-9-11-23(19)13-12-22(2)3/h4,6,8-9,11,16,25H,5,7,10,12-14H2,1-3H3/t16-/m1/s1. The van der Waals surface area contributed by atoms with Crippen LogP contribution >= 0.6 is 0 Å². The molecular formula is C20H28N4O2. The highest BCUT2D eigenvalue weighted by atomic mass is 16.3. The Morgan fingerprint density at radius 2 is 2.19 bits per heavy atom. The lowest BCUT2D eigenvalue weighted by molar-refractivity contribution is 0.0700. The number of rotatable bonds is 5. The summed E-state index contributed by atoms with van der Waals surface area (Å²) < 4.78 is 2.20. The van der Waals surface area contributed by atoms with Crippen molar-refractivity contribution in [3.05, 3.63) is 47.5 Å². The molecule has 0 saturated carbocycles. The van der Waals surface area contributed by atoms with E-state index in [0.29, 0.717) is 12.1 Å². The minimum atomic E-state index is -0.0951. The Kier molecular flexibility index (Phi) is 5.61. The molecule has 1 atom stereocenters. The van der Waals surface area contributed by atoms with Crippen molar-refractivity contribution in [1.82, 2.24) is 19.4 Å². The van der Waals surface area contributed by atoms with Crippen LogP contribution in [-0.2, 0) is 6.54 Å². The van der Waals surface area contributed by atoms with Gasteiger partial charge in [0.2, 0.25) is 0 Å². The van der Waals surface area contributed by atoms with Gasteiger partial charge in [0.15, 0.2) is 0 Å². The van der Waals surface area contributed by atoms with E-state index in [-0.39, 0.29) is 17.6 Å². The second kappa shape index (κ2) is 7.91. The Bertz CT molecular complexity index is 769. The van der Waals surface area contributed by atoms with Crippen LogP contribution in [0.4, 0.5) is 0 Å². The summed E-state index contributed by atoms with van der Waals surface area (Å²) in [6, 6.07) is 5.33. The second-order valence-corrected chi connectivity index (χ2v) is 7.34. The lowest BCUT2D eigenvalue weighted by atomic mass is 9.96. The van der Waals surface area contributed by atoms with Gasteiger partial charge in [-0.25, -0.2) is 4.98 Å². The number of hydrogen-bond donors (Lipinski definition) is 1. The summed E-state index contributed by atoms with van der Waals surface area (Å²) in [5, 5.41) is 10.2. The first-order valence-corrected chi connectivity index (χ1v) is 9.21. The molecule has 1 amide bonds. The molecule has 1 fully saturated rings. The molecule has 1 N–H and O–H groups in total. The number of amides is 1. The van der Waals surface area contributed by atoms with Crippen LogP contribution in [0.1, 0.15) is 40.5 Å². The predicted octanol–water partition coefficient (Wildman–Crippen LogP) is 2.48. The summed E-state index contributed by atoms with van der Waals surface area (Å²) in [5.41, 5.74) is 1.12. The molecule has 6 nitrogen and oxygen atoms in total. The van der Waals surface area contributed by atoms with Crippen molar-refractivity contribution in [2.24, 2.45) is 0 Å². The van der Waals surface area contributed by atoms with Crippen molar-refractivity contribution < 1.29 is 9.90 Å². The van der Waals surface area contributed by atoms with Gasteiger partial charge in [0, 0.05) is 44.5 Å². The Labute approximate surface area is 155 Å². The maximum atomic E-state index is 12.9. The first-order chi connectivity index (χ1) is 12.5. The number of aromatic hydroxyl groups is 1. The van der Waals surface area contributed by atoms with Gasteiger partial charge in [0.25, 0.3) is 5.91 Å². The Hall–Kier alpha value is -2.34. The molecule has 3 rings (SSSR count). The SMILES string of the molecule is Cc1cccc(C(=O)N2CCC[C@@H](c3nccn3CCN(C)C)C2)c1O. The number of nitrogens with zero attached hydrogens (tertiary/aromatic N) is 4. The first-order valence-electron chi connectivity index (χ1n) is 9.21. The van der Waals surface area contributed by atoms with E-state index >= 15 is 0 Å². The molecule has 0 bridgehead atoms. The molecule has 6 heteroatoms. The molecule has 1 aliphatic heterocycles. The van der Waals surface area contributed by atoms with Gasteiger partial charge in [-0.15, -0.1) is 0 Å². The van der Waals surface area contributed by atoms with Crippen LogP contribution < -0.4 is 0 Å². The number of phenolic OH excluding ortho intramolecular Hbond substituents is 1. The molecule has 26 heavy (non-hydrogen) atoms. The smallest absolute Gasteiger partial charge is 0.257 e. The van der Waals surface area contributed by atoms with E-state index in [0.717, 1.165) is 43.9 Å². The van der Waals surface area contributed by atoms with Gasteiger partial charge < -0.3 is 19.5 Å². The van der Waals surface area contributed by atoms with Crippen LogP contribution in [0, 0.1) is 6.92 Å².